The van der Waals surface area contributed by atoms with E-state index in [1.807, 2.05) is 24.3 Å². The van der Waals surface area contributed by atoms with Gasteiger partial charge in [0.1, 0.15) is 5.75 Å². The number of methoxy groups -OCH3 is 1. The first kappa shape index (κ1) is 12.9. The normalized spacial score (nSPS) is 10.4. The van der Waals surface area contributed by atoms with Gasteiger partial charge in [0.25, 0.3) is 0 Å². The summed E-state index contributed by atoms with van der Waals surface area (Å²) in [6, 6.07) is 11.7. The second-order valence-corrected chi connectivity index (χ2v) is 4.67. The fourth-order valence-corrected chi connectivity index (χ4v) is 2.56. The second-order valence-electron chi connectivity index (χ2n) is 3.65. The third-order valence-corrected chi connectivity index (χ3v) is 3.59. The first-order valence-corrected chi connectivity index (χ1v) is 6.39. The minimum absolute atomic E-state index is 0.353. The Morgan fingerprint density at radius 2 is 1.83 bits per heavy atom. The van der Waals surface area contributed by atoms with Crippen molar-refractivity contribution < 1.29 is 13.5 Å². The molecule has 1 nitrogen and oxygen atoms in total. The van der Waals surface area contributed by atoms with Gasteiger partial charge in [0.2, 0.25) is 0 Å². The van der Waals surface area contributed by atoms with Crippen LogP contribution in [0.4, 0.5) is 8.78 Å². The predicted molar refractivity (Wildman–Crippen MR) is 68.9 cm³/mol. The standard InChI is InChI=1S/C14H12F2OS/c1-17-12-7-2-3-8-13(12)18-9-10-5-4-6-11(15)14(10)16/h2-8H,9H2,1H3. The molecule has 0 N–H and O–H groups in total. The highest BCUT2D eigenvalue weighted by Gasteiger charge is 2.09. The molecule has 0 bridgehead atoms. The Morgan fingerprint density at radius 3 is 2.61 bits per heavy atom. The summed E-state index contributed by atoms with van der Waals surface area (Å²) < 4.78 is 31.7. The van der Waals surface area contributed by atoms with E-state index in [2.05, 4.69) is 0 Å². The molecule has 0 aliphatic carbocycles. The van der Waals surface area contributed by atoms with Crippen LogP contribution in [0.15, 0.2) is 47.4 Å². The Kier molecular flexibility index (Phi) is 4.20. The van der Waals surface area contributed by atoms with Crippen molar-refractivity contribution >= 4 is 11.8 Å². The average Bonchev–Trinajstić information content (AvgIpc) is 2.41. The third kappa shape index (κ3) is 2.82. The van der Waals surface area contributed by atoms with E-state index in [0.29, 0.717) is 11.3 Å². The van der Waals surface area contributed by atoms with Crippen molar-refractivity contribution in [3.63, 3.8) is 0 Å². The Bertz CT molecular complexity index is 543. The van der Waals surface area contributed by atoms with Gasteiger partial charge in [-0.25, -0.2) is 8.78 Å². The highest BCUT2D eigenvalue weighted by Crippen LogP contribution is 2.31. The summed E-state index contributed by atoms with van der Waals surface area (Å²) >= 11 is 1.42. The van der Waals surface area contributed by atoms with E-state index >= 15 is 0 Å². The van der Waals surface area contributed by atoms with Gasteiger partial charge in [-0.05, 0) is 18.2 Å². The molecule has 4 heteroatoms. The first-order valence-electron chi connectivity index (χ1n) is 5.41. The lowest BCUT2D eigenvalue weighted by Gasteiger charge is -2.08. The Balaban J connectivity index is 2.14. The smallest absolute Gasteiger partial charge is 0.162 e. The summed E-state index contributed by atoms with van der Waals surface area (Å²) in [4.78, 5) is 0.906. The zero-order chi connectivity index (χ0) is 13.0. The van der Waals surface area contributed by atoms with E-state index in [9.17, 15) is 8.78 Å². The van der Waals surface area contributed by atoms with Crippen LogP contribution in [0.3, 0.4) is 0 Å². The molecule has 0 unspecified atom stereocenters. The van der Waals surface area contributed by atoms with E-state index in [1.165, 1.54) is 17.8 Å². The van der Waals surface area contributed by atoms with Crippen molar-refractivity contribution in [3.8, 4) is 5.75 Å². The number of rotatable bonds is 4. The highest BCUT2D eigenvalue weighted by atomic mass is 32.2. The lowest BCUT2D eigenvalue weighted by atomic mass is 10.2. The molecule has 2 aromatic carbocycles. The number of thioether (sulfide) groups is 1. The van der Waals surface area contributed by atoms with Crippen LogP contribution in [0, 0.1) is 11.6 Å². The molecule has 0 aromatic heterocycles. The molecule has 94 valence electrons. The van der Waals surface area contributed by atoms with E-state index < -0.39 is 11.6 Å². The largest absolute Gasteiger partial charge is 0.496 e. The molecule has 0 atom stereocenters. The quantitative estimate of drug-likeness (QED) is 0.764. The number of para-hydroxylation sites is 1. The predicted octanol–water partition coefficient (Wildman–Crippen LogP) is 4.27. The van der Waals surface area contributed by atoms with Crippen LogP contribution in [-0.2, 0) is 5.75 Å². The van der Waals surface area contributed by atoms with E-state index in [-0.39, 0.29) is 0 Å². The van der Waals surface area contributed by atoms with Crippen LogP contribution < -0.4 is 4.74 Å². The molecule has 0 heterocycles. The van der Waals surface area contributed by atoms with Crippen LogP contribution in [0.1, 0.15) is 5.56 Å². The molecular formula is C14H12F2OS. The van der Waals surface area contributed by atoms with Crippen LogP contribution >= 0.6 is 11.8 Å². The molecule has 2 rings (SSSR count). The monoisotopic (exact) mass is 266 g/mol. The molecule has 0 saturated heterocycles. The van der Waals surface area contributed by atoms with Gasteiger partial charge >= 0.3 is 0 Å². The van der Waals surface area contributed by atoms with Crippen molar-refractivity contribution in [3.05, 3.63) is 59.7 Å². The Hall–Kier alpha value is -1.55. The Labute approximate surface area is 109 Å². The van der Waals surface area contributed by atoms with Gasteiger partial charge in [-0.15, -0.1) is 11.8 Å². The molecule has 0 radical (unpaired) electrons. The molecule has 0 fully saturated rings. The topological polar surface area (TPSA) is 9.23 Å². The van der Waals surface area contributed by atoms with Crippen molar-refractivity contribution in [2.24, 2.45) is 0 Å². The lowest BCUT2D eigenvalue weighted by molar-refractivity contribution is 0.405. The van der Waals surface area contributed by atoms with Gasteiger partial charge in [0.15, 0.2) is 11.6 Å². The van der Waals surface area contributed by atoms with Gasteiger partial charge in [0, 0.05) is 16.2 Å². The van der Waals surface area contributed by atoms with Crippen LogP contribution in [0.2, 0.25) is 0 Å². The molecular weight excluding hydrogens is 254 g/mol. The summed E-state index contributed by atoms with van der Waals surface area (Å²) in [5, 5.41) is 0. The molecule has 2 aromatic rings. The van der Waals surface area contributed by atoms with E-state index in [0.717, 1.165) is 16.7 Å². The summed E-state index contributed by atoms with van der Waals surface area (Å²) in [7, 11) is 1.59. The third-order valence-electron chi connectivity index (χ3n) is 2.48. The molecule has 0 saturated carbocycles. The number of benzene rings is 2. The number of halogens is 2. The summed E-state index contributed by atoms with van der Waals surface area (Å²) in [5.41, 5.74) is 0.353. The fraction of sp³-hybridized carbons (Fsp3) is 0.143. The number of hydrogen-bond acceptors (Lipinski definition) is 2. The van der Waals surface area contributed by atoms with Gasteiger partial charge in [-0.3, -0.25) is 0 Å². The van der Waals surface area contributed by atoms with Gasteiger partial charge in [0.05, 0.1) is 7.11 Å². The summed E-state index contributed by atoms with van der Waals surface area (Å²) in [5.74, 6) is -0.489. The van der Waals surface area contributed by atoms with E-state index in [1.54, 1.807) is 13.2 Å². The maximum atomic E-state index is 13.5. The van der Waals surface area contributed by atoms with Crippen molar-refractivity contribution in [1.82, 2.24) is 0 Å². The highest BCUT2D eigenvalue weighted by molar-refractivity contribution is 7.98. The van der Waals surface area contributed by atoms with Gasteiger partial charge < -0.3 is 4.74 Å². The fourth-order valence-electron chi connectivity index (χ4n) is 1.55. The summed E-state index contributed by atoms with van der Waals surface area (Å²) in [6.07, 6.45) is 0. The van der Waals surface area contributed by atoms with Gasteiger partial charge in [-0.1, -0.05) is 24.3 Å². The molecule has 0 amide bonds. The molecule has 0 spiro atoms. The van der Waals surface area contributed by atoms with Gasteiger partial charge in [-0.2, -0.15) is 0 Å². The zero-order valence-corrected chi connectivity index (χ0v) is 10.6. The van der Waals surface area contributed by atoms with Crippen molar-refractivity contribution in [2.75, 3.05) is 7.11 Å². The average molecular weight is 266 g/mol. The van der Waals surface area contributed by atoms with Crippen molar-refractivity contribution in [2.45, 2.75) is 10.6 Å². The maximum Gasteiger partial charge on any atom is 0.162 e. The summed E-state index contributed by atoms with van der Waals surface area (Å²) in [6.45, 7) is 0. The number of ether oxygens (including phenoxy) is 1. The molecule has 0 aliphatic rings. The minimum Gasteiger partial charge on any atom is -0.496 e. The van der Waals surface area contributed by atoms with Crippen molar-refractivity contribution in [1.29, 1.82) is 0 Å². The SMILES string of the molecule is COc1ccccc1SCc1cccc(F)c1F. The lowest BCUT2D eigenvalue weighted by Crippen LogP contribution is -1.92. The Morgan fingerprint density at radius 1 is 1.06 bits per heavy atom. The van der Waals surface area contributed by atoms with Crippen LogP contribution in [-0.4, -0.2) is 7.11 Å². The molecule has 0 aliphatic heterocycles. The number of hydrogen-bond donors (Lipinski definition) is 0. The van der Waals surface area contributed by atoms with Crippen LogP contribution in [0.25, 0.3) is 0 Å². The van der Waals surface area contributed by atoms with E-state index in [4.69, 9.17) is 4.74 Å². The maximum absolute atomic E-state index is 13.5. The minimum atomic E-state index is -0.812. The first-order chi connectivity index (χ1) is 8.72. The second kappa shape index (κ2) is 5.87. The van der Waals surface area contributed by atoms with Crippen LogP contribution in [0.5, 0.6) is 5.75 Å². The zero-order valence-electron chi connectivity index (χ0n) is 9.82. The molecule has 18 heavy (non-hydrogen) atoms.